The molecule has 0 aliphatic heterocycles. The number of ether oxygens (including phenoxy) is 1. The number of rotatable bonds is 11. The van der Waals surface area contributed by atoms with Crippen LogP contribution in [0, 0.1) is 5.92 Å². The average Bonchev–Trinajstić information content (AvgIpc) is 2.81. The number of Topliss-reactive ketones (excluding diaryl/α,β-unsaturated/α-hetero) is 1. The van der Waals surface area contributed by atoms with Crippen molar-refractivity contribution in [2.75, 3.05) is 25.2 Å². The second kappa shape index (κ2) is 13.4. The van der Waals surface area contributed by atoms with E-state index >= 15 is 0 Å². The van der Waals surface area contributed by atoms with Gasteiger partial charge in [-0.2, -0.15) is 11.8 Å². The van der Waals surface area contributed by atoms with E-state index in [1.807, 2.05) is 0 Å². The third-order valence-electron chi connectivity index (χ3n) is 3.72. The fourth-order valence-corrected chi connectivity index (χ4v) is 3.35. The quantitative estimate of drug-likeness (QED) is 0.340. The molecule has 8 heteroatoms. The maximum absolute atomic E-state index is 12.6. The zero-order valence-corrected chi connectivity index (χ0v) is 19.0. The van der Waals surface area contributed by atoms with E-state index < -0.39 is 54.6 Å². The van der Waals surface area contributed by atoms with Gasteiger partial charge in [-0.15, -0.1) is 0 Å². The maximum atomic E-state index is 12.6. The molecule has 6 nitrogen and oxygen atoms in total. The van der Waals surface area contributed by atoms with Crippen LogP contribution in [-0.2, 0) is 16.0 Å². The third kappa shape index (κ3) is 9.04. The van der Waals surface area contributed by atoms with E-state index in [-0.39, 0.29) is 58.8 Å². The van der Waals surface area contributed by atoms with E-state index in [0.29, 0.717) is 11.3 Å². The van der Waals surface area contributed by atoms with Crippen molar-refractivity contribution in [3.8, 4) is 5.75 Å². The molecule has 1 atom stereocenters. The molecule has 0 aliphatic rings. The minimum absolute atomic E-state index is 0. The first-order valence-corrected chi connectivity index (χ1v) is 9.50. The number of nitrogens with one attached hydrogen (secondary N) is 1. The summed E-state index contributed by atoms with van der Waals surface area (Å²) in [6.07, 6.45) is -0.227. The van der Waals surface area contributed by atoms with Crippen LogP contribution in [0.5, 0.6) is 5.75 Å². The molecule has 29 heavy (non-hydrogen) atoms. The summed E-state index contributed by atoms with van der Waals surface area (Å²) in [5.74, 6) is -2.76. The Bertz CT molecular complexity index is 1040. The van der Waals surface area contributed by atoms with E-state index in [1.54, 1.807) is 24.3 Å². The SMILES string of the molecule is [2H]c1c([2H])c([2H])c(CC(CSCC(=O)c2cccc(OC)c2)C(=O)NCC(=O)[O-])c([2H])c1[2H].[Na+]. The van der Waals surface area contributed by atoms with Gasteiger partial charge in [0.25, 0.3) is 0 Å². The number of carboxylic acids is 1. The number of carbonyl (C=O) groups excluding carboxylic acids is 3. The first-order valence-electron chi connectivity index (χ1n) is 10.8. The van der Waals surface area contributed by atoms with Gasteiger partial charge in [-0.25, -0.2) is 0 Å². The normalized spacial score (nSPS) is 13.5. The fourth-order valence-electron chi connectivity index (χ4n) is 2.33. The van der Waals surface area contributed by atoms with Crippen LogP contribution in [0.4, 0.5) is 0 Å². The molecule has 2 rings (SSSR count). The summed E-state index contributed by atoms with van der Waals surface area (Å²) >= 11 is 1.12. The first kappa shape index (κ1) is 18.0. The Morgan fingerprint density at radius 1 is 1.24 bits per heavy atom. The van der Waals surface area contributed by atoms with Gasteiger partial charge < -0.3 is 20.0 Å². The second-order valence-corrected chi connectivity index (χ2v) is 6.79. The number of hydrogen-bond donors (Lipinski definition) is 1. The van der Waals surface area contributed by atoms with E-state index in [1.165, 1.54) is 7.11 Å². The Hall–Kier alpha value is -1.80. The van der Waals surface area contributed by atoms with Gasteiger partial charge in [0.15, 0.2) is 5.78 Å². The van der Waals surface area contributed by atoms with Crippen LogP contribution in [-0.4, -0.2) is 42.8 Å². The molecule has 0 radical (unpaired) electrons. The van der Waals surface area contributed by atoms with Crippen LogP contribution in [0.1, 0.15) is 22.8 Å². The number of benzene rings is 2. The summed E-state index contributed by atoms with van der Waals surface area (Å²) in [5, 5.41) is 12.9. The maximum Gasteiger partial charge on any atom is 1.00 e. The number of ketones is 1. The Balaban J connectivity index is 0.00000578. The molecule has 1 unspecified atom stereocenters. The van der Waals surface area contributed by atoms with Gasteiger partial charge in [-0.1, -0.05) is 42.3 Å². The molecule has 0 spiro atoms. The molecule has 0 fully saturated rings. The number of thioether (sulfide) groups is 1. The molecular formula is C21H22NNaO5S. The second-order valence-electron chi connectivity index (χ2n) is 5.76. The molecule has 1 amide bonds. The molecule has 2 aromatic rings. The zero-order chi connectivity index (χ0) is 24.7. The van der Waals surface area contributed by atoms with Crippen LogP contribution in [0.2, 0.25) is 0 Å². The van der Waals surface area contributed by atoms with Gasteiger partial charge in [0.1, 0.15) is 5.75 Å². The van der Waals surface area contributed by atoms with Crippen LogP contribution >= 0.6 is 11.8 Å². The number of aliphatic carboxylic acids is 1. The fraction of sp³-hybridized carbons (Fsp3) is 0.286. The van der Waals surface area contributed by atoms with Gasteiger partial charge in [0, 0.05) is 11.3 Å². The molecule has 0 aliphatic carbocycles. The first-order chi connectivity index (χ1) is 15.6. The van der Waals surface area contributed by atoms with Gasteiger partial charge in [0.2, 0.25) is 5.91 Å². The van der Waals surface area contributed by atoms with E-state index in [4.69, 9.17) is 11.6 Å². The summed E-state index contributed by atoms with van der Waals surface area (Å²) in [4.78, 5) is 35.8. The topological polar surface area (TPSA) is 95.5 Å². The number of amides is 1. The predicted molar refractivity (Wildman–Crippen MR) is 106 cm³/mol. The van der Waals surface area contributed by atoms with Crippen LogP contribution in [0.25, 0.3) is 0 Å². The Kier molecular flexibility index (Phi) is 8.34. The van der Waals surface area contributed by atoms with Crippen molar-refractivity contribution in [1.29, 1.82) is 0 Å². The summed E-state index contributed by atoms with van der Waals surface area (Å²) < 4.78 is 44.5. The van der Waals surface area contributed by atoms with Crippen molar-refractivity contribution in [3.05, 3.63) is 65.6 Å². The Morgan fingerprint density at radius 2 is 1.97 bits per heavy atom. The Labute approximate surface area is 203 Å². The molecule has 0 bridgehead atoms. The van der Waals surface area contributed by atoms with E-state index in [9.17, 15) is 19.5 Å². The molecule has 148 valence electrons. The molecule has 0 aromatic heterocycles. The van der Waals surface area contributed by atoms with E-state index in [2.05, 4.69) is 5.32 Å². The summed E-state index contributed by atoms with van der Waals surface area (Å²) in [7, 11) is 1.48. The van der Waals surface area contributed by atoms with Crippen molar-refractivity contribution >= 4 is 29.4 Å². The summed E-state index contributed by atoms with van der Waals surface area (Å²) in [6.45, 7) is -0.733. The van der Waals surface area contributed by atoms with Crippen molar-refractivity contribution in [1.82, 2.24) is 5.32 Å². The smallest absolute Gasteiger partial charge is 0.548 e. The monoisotopic (exact) mass is 428 g/mol. The molecule has 0 heterocycles. The predicted octanol–water partition coefficient (Wildman–Crippen LogP) is -1.66. The number of methoxy groups -OCH3 is 1. The third-order valence-corrected chi connectivity index (χ3v) is 4.83. The molecular weight excluding hydrogens is 401 g/mol. The Morgan fingerprint density at radius 3 is 2.62 bits per heavy atom. The standard InChI is InChI=1S/C21H23NO5S.Na/c1-27-18-9-5-8-16(11-18)19(23)14-28-13-17(21(26)22-12-20(24)25)10-15-6-3-2-4-7-15;/h2-9,11,17H,10,12-14H2,1H3,(H,22,26)(H,24,25);/q;+1/p-1/i2D,3D,4D,6D,7D;. The van der Waals surface area contributed by atoms with Gasteiger partial charge in [0.05, 0.1) is 38.1 Å². The molecule has 0 saturated carbocycles. The van der Waals surface area contributed by atoms with Crippen LogP contribution < -0.4 is 44.7 Å². The zero-order valence-electron chi connectivity index (χ0n) is 21.2. The van der Waals surface area contributed by atoms with Crippen molar-refractivity contribution in [3.63, 3.8) is 0 Å². The molecule has 2 aromatic carbocycles. The summed E-state index contributed by atoms with van der Waals surface area (Å²) in [5.41, 5.74) is 0.361. The van der Waals surface area contributed by atoms with Gasteiger partial charge >= 0.3 is 29.6 Å². The minimum atomic E-state index is -1.49. The van der Waals surface area contributed by atoms with Crippen LogP contribution in [0.3, 0.4) is 0 Å². The molecule has 1 N–H and O–H groups in total. The summed E-state index contributed by atoms with van der Waals surface area (Å²) in [6, 6.07) is 4.10. The largest absolute Gasteiger partial charge is 1.00 e. The van der Waals surface area contributed by atoms with E-state index in [0.717, 1.165) is 11.8 Å². The minimum Gasteiger partial charge on any atom is -0.548 e. The number of carboxylic acid groups (broad SMARTS) is 1. The van der Waals surface area contributed by atoms with Crippen molar-refractivity contribution < 1.29 is 60.6 Å². The number of hydrogen-bond acceptors (Lipinski definition) is 6. The number of carbonyl (C=O) groups is 3. The van der Waals surface area contributed by atoms with Crippen molar-refractivity contribution in [2.45, 2.75) is 6.42 Å². The molecule has 0 saturated heterocycles. The average molecular weight is 428 g/mol. The van der Waals surface area contributed by atoms with Gasteiger partial charge in [-0.05, 0) is 24.1 Å². The van der Waals surface area contributed by atoms with Crippen LogP contribution in [0.15, 0.2) is 54.5 Å². The van der Waals surface area contributed by atoms with Crippen molar-refractivity contribution in [2.24, 2.45) is 5.92 Å². The van der Waals surface area contributed by atoms with Gasteiger partial charge in [-0.3, -0.25) is 9.59 Å².